The number of likely N-dealkylation sites (tertiary alicyclic amines) is 1. The van der Waals surface area contributed by atoms with Gasteiger partial charge in [0.15, 0.2) is 0 Å². The SMILES string of the molecule is CNCC1(c2ccc(C)cc2C)CCCN(C)CC1. The first kappa shape index (κ1) is 14.5. The predicted octanol–water partition coefficient (Wildman–Crippen LogP) is 2.88. The standard InChI is InChI=1S/C17H28N2/c1-14-6-7-16(15(2)12-14)17(13-18-3)8-5-10-19(4)11-9-17/h6-7,12,18H,5,8-11,13H2,1-4H3. The van der Waals surface area contributed by atoms with Gasteiger partial charge in [-0.1, -0.05) is 23.8 Å². The van der Waals surface area contributed by atoms with Crippen LogP contribution in [0.25, 0.3) is 0 Å². The Morgan fingerprint density at radius 1 is 1.21 bits per heavy atom. The summed E-state index contributed by atoms with van der Waals surface area (Å²) in [5, 5.41) is 3.44. The molecule has 0 saturated carbocycles. The summed E-state index contributed by atoms with van der Waals surface area (Å²) >= 11 is 0. The number of aryl methyl sites for hydroxylation is 2. The molecule has 2 heteroatoms. The van der Waals surface area contributed by atoms with Crippen molar-refractivity contribution in [2.75, 3.05) is 33.7 Å². The molecule has 1 saturated heterocycles. The largest absolute Gasteiger partial charge is 0.319 e. The van der Waals surface area contributed by atoms with E-state index in [0.29, 0.717) is 5.41 Å². The van der Waals surface area contributed by atoms with Gasteiger partial charge < -0.3 is 10.2 Å². The molecule has 0 spiro atoms. The molecule has 1 atom stereocenters. The van der Waals surface area contributed by atoms with Gasteiger partial charge in [0.1, 0.15) is 0 Å². The molecule has 0 bridgehead atoms. The van der Waals surface area contributed by atoms with Gasteiger partial charge in [-0.05, 0) is 71.4 Å². The highest BCUT2D eigenvalue weighted by atomic mass is 15.1. The topological polar surface area (TPSA) is 15.3 Å². The van der Waals surface area contributed by atoms with Crippen LogP contribution in [-0.4, -0.2) is 38.6 Å². The monoisotopic (exact) mass is 260 g/mol. The molecule has 1 N–H and O–H groups in total. The second-order valence-corrected chi connectivity index (χ2v) is 6.29. The highest BCUT2D eigenvalue weighted by Crippen LogP contribution is 2.36. The van der Waals surface area contributed by atoms with Gasteiger partial charge in [0, 0.05) is 12.0 Å². The van der Waals surface area contributed by atoms with Crippen molar-refractivity contribution in [3.63, 3.8) is 0 Å². The van der Waals surface area contributed by atoms with E-state index in [9.17, 15) is 0 Å². The summed E-state index contributed by atoms with van der Waals surface area (Å²) in [4.78, 5) is 2.47. The lowest BCUT2D eigenvalue weighted by Gasteiger charge is -2.35. The maximum atomic E-state index is 3.44. The molecule has 1 heterocycles. The molecule has 1 aliphatic heterocycles. The first-order valence-corrected chi connectivity index (χ1v) is 7.48. The van der Waals surface area contributed by atoms with E-state index in [4.69, 9.17) is 0 Å². The Morgan fingerprint density at radius 3 is 2.68 bits per heavy atom. The van der Waals surface area contributed by atoms with Gasteiger partial charge in [0.05, 0.1) is 0 Å². The number of hydrogen-bond acceptors (Lipinski definition) is 2. The van der Waals surface area contributed by atoms with Crippen molar-refractivity contribution in [3.05, 3.63) is 34.9 Å². The third kappa shape index (κ3) is 3.18. The number of hydrogen-bond donors (Lipinski definition) is 1. The summed E-state index contributed by atoms with van der Waals surface area (Å²) < 4.78 is 0. The van der Waals surface area contributed by atoms with Gasteiger partial charge in [-0.15, -0.1) is 0 Å². The van der Waals surface area contributed by atoms with Gasteiger partial charge in [-0.3, -0.25) is 0 Å². The van der Waals surface area contributed by atoms with E-state index in [2.05, 4.69) is 56.4 Å². The van der Waals surface area contributed by atoms with Gasteiger partial charge >= 0.3 is 0 Å². The molecule has 0 amide bonds. The zero-order chi connectivity index (χ0) is 13.9. The first-order valence-electron chi connectivity index (χ1n) is 7.48. The van der Waals surface area contributed by atoms with Crippen LogP contribution in [0.5, 0.6) is 0 Å². The summed E-state index contributed by atoms with van der Waals surface area (Å²) in [6, 6.07) is 6.98. The van der Waals surface area contributed by atoms with Crippen molar-refractivity contribution >= 4 is 0 Å². The molecule has 0 aromatic heterocycles. The molecule has 1 aromatic rings. The Hall–Kier alpha value is -0.860. The Kier molecular flexibility index (Phi) is 4.64. The highest BCUT2D eigenvalue weighted by Gasteiger charge is 2.34. The van der Waals surface area contributed by atoms with E-state index in [0.717, 1.165) is 6.54 Å². The minimum Gasteiger partial charge on any atom is -0.319 e. The average Bonchev–Trinajstić information content (AvgIpc) is 2.53. The van der Waals surface area contributed by atoms with Crippen molar-refractivity contribution in [1.29, 1.82) is 0 Å². The molecule has 0 aliphatic carbocycles. The first-order chi connectivity index (χ1) is 9.07. The van der Waals surface area contributed by atoms with E-state index in [1.165, 1.54) is 43.5 Å². The second-order valence-electron chi connectivity index (χ2n) is 6.29. The Labute approximate surface area is 118 Å². The van der Waals surface area contributed by atoms with E-state index >= 15 is 0 Å². The van der Waals surface area contributed by atoms with Gasteiger partial charge in [-0.2, -0.15) is 0 Å². The van der Waals surface area contributed by atoms with Crippen LogP contribution in [0, 0.1) is 13.8 Å². The molecule has 1 unspecified atom stereocenters. The Morgan fingerprint density at radius 2 is 2.00 bits per heavy atom. The number of rotatable bonds is 3. The smallest absolute Gasteiger partial charge is 0.00928 e. The summed E-state index contributed by atoms with van der Waals surface area (Å²) in [7, 11) is 4.33. The zero-order valence-corrected chi connectivity index (χ0v) is 12.9. The molecule has 1 fully saturated rings. The summed E-state index contributed by atoms with van der Waals surface area (Å²) in [6.07, 6.45) is 3.85. The van der Waals surface area contributed by atoms with Crippen LogP contribution in [0.2, 0.25) is 0 Å². The quantitative estimate of drug-likeness (QED) is 0.899. The normalized spacial score (nSPS) is 25.3. The number of benzene rings is 1. The van der Waals surface area contributed by atoms with Crippen LogP contribution in [0.3, 0.4) is 0 Å². The number of nitrogens with zero attached hydrogens (tertiary/aromatic N) is 1. The molecule has 1 aliphatic rings. The lowest BCUT2D eigenvalue weighted by molar-refractivity contribution is 0.321. The molecule has 2 nitrogen and oxygen atoms in total. The summed E-state index contributed by atoms with van der Waals surface area (Å²) in [6.45, 7) is 7.98. The summed E-state index contributed by atoms with van der Waals surface area (Å²) in [5.41, 5.74) is 4.70. The fraction of sp³-hybridized carbons (Fsp3) is 0.647. The second kappa shape index (κ2) is 6.06. The van der Waals surface area contributed by atoms with Crippen molar-refractivity contribution < 1.29 is 0 Å². The Balaban J connectivity index is 2.37. The van der Waals surface area contributed by atoms with Crippen LogP contribution >= 0.6 is 0 Å². The lowest BCUT2D eigenvalue weighted by Crippen LogP contribution is -2.38. The van der Waals surface area contributed by atoms with Crippen LogP contribution < -0.4 is 5.32 Å². The molecule has 19 heavy (non-hydrogen) atoms. The van der Waals surface area contributed by atoms with E-state index in [1.54, 1.807) is 5.56 Å². The summed E-state index contributed by atoms with van der Waals surface area (Å²) in [5.74, 6) is 0. The lowest BCUT2D eigenvalue weighted by atomic mass is 9.72. The predicted molar refractivity (Wildman–Crippen MR) is 82.9 cm³/mol. The van der Waals surface area contributed by atoms with E-state index < -0.39 is 0 Å². The molecule has 0 radical (unpaired) electrons. The molecule has 106 valence electrons. The third-order valence-electron chi connectivity index (χ3n) is 4.64. The molecule has 1 aromatic carbocycles. The van der Waals surface area contributed by atoms with Crippen LogP contribution in [0.4, 0.5) is 0 Å². The van der Waals surface area contributed by atoms with Gasteiger partial charge in [0.25, 0.3) is 0 Å². The Bertz CT molecular complexity index is 427. The molecule has 2 rings (SSSR count). The zero-order valence-electron chi connectivity index (χ0n) is 12.9. The van der Waals surface area contributed by atoms with Crippen molar-refractivity contribution in [1.82, 2.24) is 10.2 Å². The molecular formula is C17H28N2. The third-order valence-corrected chi connectivity index (χ3v) is 4.64. The average molecular weight is 260 g/mol. The van der Waals surface area contributed by atoms with Crippen molar-refractivity contribution in [3.8, 4) is 0 Å². The highest BCUT2D eigenvalue weighted by molar-refractivity contribution is 5.37. The van der Waals surface area contributed by atoms with Crippen LogP contribution in [-0.2, 0) is 5.41 Å². The fourth-order valence-electron chi connectivity index (χ4n) is 3.62. The van der Waals surface area contributed by atoms with Crippen molar-refractivity contribution in [2.24, 2.45) is 0 Å². The molecular weight excluding hydrogens is 232 g/mol. The van der Waals surface area contributed by atoms with Gasteiger partial charge in [-0.25, -0.2) is 0 Å². The minimum atomic E-state index is 0.317. The van der Waals surface area contributed by atoms with Gasteiger partial charge in [0.2, 0.25) is 0 Å². The maximum Gasteiger partial charge on any atom is 0.00928 e. The fourth-order valence-corrected chi connectivity index (χ4v) is 3.62. The maximum absolute atomic E-state index is 3.44. The number of likely N-dealkylation sites (N-methyl/N-ethyl adjacent to an activating group) is 1. The van der Waals surface area contributed by atoms with E-state index in [-0.39, 0.29) is 0 Å². The van der Waals surface area contributed by atoms with Crippen LogP contribution in [0.15, 0.2) is 18.2 Å². The van der Waals surface area contributed by atoms with Crippen molar-refractivity contribution in [2.45, 2.75) is 38.5 Å². The minimum absolute atomic E-state index is 0.317. The number of nitrogens with one attached hydrogen (secondary N) is 1. The van der Waals surface area contributed by atoms with E-state index in [1.807, 2.05) is 0 Å². The van der Waals surface area contributed by atoms with Crippen LogP contribution in [0.1, 0.15) is 36.0 Å².